The van der Waals surface area contributed by atoms with Gasteiger partial charge in [0.2, 0.25) is 0 Å². The Morgan fingerprint density at radius 2 is 2.00 bits per heavy atom. The van der Waals surface area contributed by atoms with E-state index >= 15 is 0 Å². The summed E-state index contributed by atoms with van der Waals surface area (Å²) < 4.78 is 40.4. The molecule has 0 N–H and O–H groups in total. The first-order chi connectivity index (χ1) is 10.9. The number of halogens is 3. The highest BCUT2D eigenvalue weighted by Gasteiger charge is 2.31. The maximum absolute atomic E-state index is 12.9. The maximum atomic E-state index is 12.9. The molecule has 0 unspecified atom stereocenters. The van der Waals surface area contributed by atoms with Gasteiger partial charge in [0.1, 0.15) is 5.82 Å². The molecule has 7 heteroatoms. The molecule has 120 valence electrons. The average Bonchev–Trinajstić information content (AvgIpc) is 2.84. The van der Waals surface area contributed by atoms with E-state index in [2.05, 4.69) is 9.97 Å². The Hall–Kier alpha value is -2.02. The van der Waals surface area contributed by atoms with E-state index in [1.54, 1.807) is 31.2 Å². The molecule has 2 heterocycles. The summed E-state index contributed by atoms with van der Waals surface area (Å²) in [6.45, 7) is 2.03. The lowest BCUT2D eigenvalue weighted by Crippen LogP contribution is -2.04. The van der Waals surface area contributed by atoms with Crippen molar-refractivity contribution in [1.82, 2.24) is 14.5 Å². The van der Waals surface area contributed by atoms with E-state index in [4.69, 9.17) is 0 Å². The Labute approximate surface area is 135 Å². The molecule has 0 amide bonds. The van der Waals surface area contributed by atoms with Crippen LogP contribution in [0.15, 0.2) is 41.6 Å². The number of aromatic nitrogens is 3. The Kier molecular flexibility index (Phi) is 4.06. The van der Waals surface area contributed by atoms with Crippen LogP contribution in [0.25, 0.3) is 22.4 Å². The lowest BCUT2D eigenvalue weighted by atomic mass is 10.2. The van der Waals surface area contributed by atoms with Gasteiger partial charge >= 0.3 is 6.18 Å². The van der Waals surface area contributed by atoms with Crippen molar-refractivity contribution in [1.29, 1.82) is 0 Å². The smallest absolute Gasteiger partial charge is 0.327 e. The van der Waals surface area contributed by atoms with E-state index in [0.29, 0.717) is 16.9 Å². The van der Waals surface area contributed by atoms with Gasteiger partial charge < -0.3 is 4.57 Å². The molecule has 3 nitrogen and oxygen atoms in total. The molecular formula is C16H14F3N3S. The van der Waals surface area contributed by atoms with Crippen LogP contribution in [0.4, 0.5) is 13.2 Å². The number of alkyl halides is 3. The van der Waals surface area contributed by atoms with Crippen LogP contribution in [-0.2, 0) is 13.2 Å². The van der Waals surface area contributed by atoms with E-state index in [1.807, 2.05) is 17.6 Å². The summed E-state index contributed by atoms with van der Waals surface area (Å²) in [4.78, 5) is 9.50. The van der Waals surface area contributed by atoms with Crippen molar-refractivity contribution in [3.8, 4) is 11.4 Å². The minimum Gasteiger partial charge on any atom is -0.327 e. The predicted octanol–water partition coefficient (Wildman–Crippen LogP) is 4.77. The number of thioether (sulfide) groups is 1. The summed E-state index contributed by atoms with van der Waals surface area (Å²) >= 11 is 1.63. The van der Waals surface area contributed by atoms with Crippen molar-refractivity contribution in [2.75, 3.05) is 5.75 Å². The molecule has 0 bridgehead atoms. The van der Waals surface area contributed by atoms with E-state index in [1.165, 1.54) is 6.07 Å². The number of imidazole rings is 1. The van der Waals surface area contributed by atoms with Gasteiger partial charge in [-0.15, -0.1) is 11.8 Å². The van der Waals surface area contributed by atoms with E-state index in [-0.39, 0.29) is 0 Å². The average molecular weight is 337 g/mol. The van der Waals surface area contributed by atoms with Gasteiger partial charge in [-0.05, 0) is 30.0 Å². The third-order valence-electron chi connectivity index (χ3n) is 3.53. The van der Waals surface area contributed by atoms with Gasteiger partial charge in [0.05, 0.1) is 16.6 Å². The number of hydrogen-bond donors (Lipinski definition) is 0. The van der Waals surface area contributed by atoms with Crippen LogP contribution in [0.1, 0.15) is 12.5 Å². The summed E-state index contributed by atoms with van der Waals surface area (Å²) in [5.74, 6) is 1.51. The third-order valence-corrected chi connectivity index (χ3v) is 4.46. The summed E-state index contributed by atoms with van der Waals surface area (Å²) in [5.41, 5.74) is 1.19. The van der Waals surface area contributed by atoms with Gasteiger partial charge in [-0.1, -0.05) is 6.92 Å². The molecule has 0 spiro atoms. The SMILES string of the molecule is CCSc1cnccc1-c1nc2cc(C(F)(F)F)ccc2n1C. The molecule has 0 atom stereocenters. The van der Waals surface area contributed by atoms with Crippen molar-refractivity contribution in [2.45, 2.75) is 18.0 Å². The summed E-state index contributed by atoms with van der Waals surface area (Å²) in [5, 5.41) is 0. The molecule has 2 aromatic heterocycles. The molecule has 0 aliphatic rings. The zero-order valence-electron chi connectivity index (χ0n) is 12.6. The van der Waals surface area contributed by atoms with Gasteiger partial charge in [0.25, 0.3) is 0 Å². The molecule has 0 saturated carbocycles. The van der Waals surface area contributed by atoms with Crippen LogP contribution in [0.5, 0.6) is 0 Å². The molecule has 0 fully saturated rings. The first-order valence-corrected chi connectivity index (χ1v) is 8.01. The standard InChI is InChI=1S/C16H14F3N3S/c1-3-23-14-9-20-7-6-11(14)15-21-12-8-10(16(17,18)19)4-5-13(12)22(15)2/h4-9H,3H2,1-2H3. The number of fused-ring (bicyclic) bond motifs is 1. The molecule has 1 aromatic carbocycles. The first kappa shape index (κ1) is 15.9. The lowest BCUT2D eigenvalue weighted by Gasteiger charge is -2.07. The molecule has 0 saturated heterocycles. The Morgan fingerprint density at radius 1 is 1.22 bits per heavy atom. The number of hydrogen-bond acceptors (Lipinski definition) is 3. The van der Waals surface area contributed by atoms with Crippen LogP contribution in [0.3, 0.4) is 0 Å². The second-order valence-electron chi connectivity index (χ2n) is 5.00. The number of aryl methyl sites for hydroxylation is 1. The highest BCUT2D eigenvalue weighted by Crippen LogP contribution is 2.34. The summed E-state index contributed by atoms with van der Waals surface area (Å²) in [6, 6.07) is 5.47. The highest BCUT2D eigenvalue weighted by molar-refractivity contribution is 7.99. The summed E-state index contributed by atoms with van der Waals surface area (Å²) in [6.07, 6.45) is -0.953. The normalized spacial score (nSPS) is 12.0. The van der Waals surface area contributed by atoms with E-state index < -0.39 is 11.7 Å². The largest absolute Gasteiger partial charge is 0.416 e. The fraction of sp³-hybridized carbons (Fsp3) is 0.250. The molecule has 0 aliphatic heterocycles. The zero-order chi connectivity index (χ0) is 16.6. The van der Waals surface area contributed by atoms with Gasteiger partial charge in [0, 0.05) is 29.9 Å². The first-order valence-electron chi connectivity index (χ1n) is 7.02. The van der Waals surface area contributed by atoms with Gasteiger partial charge in [-0.25, -0.2) is 4.98 Å². The molecule has 3 aromatic rings. The van der Waals surface area contributed by atoms with Crippen molar-refractivity contribution in [3.05, 3.63) is 42.2 Å². The van der Waals surface area contributed by atoms with Crippen molar-refractivity contribution >= 4 is 22.8 Å². The fourth-order valence-corrected chi connectivity index (χ4v) is 3.21. The minimum atomic E-state index is -4.37. The second kappa shape index (κ2) is 5.88. The summed E-state index contributed by atoms with van der Waals surface area (Å²) in [7, 11) is 1.80. The molecule has 0 aliphatic carbocycles. The molecular weight excluding hydrogens is 323 g/mol. The maximum Gasteiger partial charge on any atom is 0.416 e. The second-order valence-corrected chi connectivity index (χ2v) is 6.31. The monoisotopic (exact) mass is 337 g/mol. The Morgan fingerprint density at radius 3 is 2.70 bits per heavy atom. The van der Waals surface area contributed by atoms with E-state index in [0.717, 1.165) is 28.3 Å². The van der Waals surface area contributed by atoms with Crippen LogP contribution in [-0.4, -0.2) is 20.3 Å². The van der Waals surface area contributed by atoms with Crippen LogP contribution in [0.2, 0.25) is 0 Å². The van der Waals surface area contributed by atoms with E-state index in [9.17, 15) is 13.2 Å². The van der Waals surface area contributed by atoms with Crippen LogP contribution < -0.4 is 0 Å². The molecule has 23 heavy (non-hydrogen) atoms. The Bertz CT molecular complexity index is 855. The van der Waals surface area contributed by atoms with Crippen LogP contribution >= 0.6 is 11.8 Å². The zero-order valence-corrected chi connectivity index (χ0v) is 13.4. The Balaban J connectivity index is 2.18. The van der Waals surface area contributed by atoms with Gasteiger partial charge in [-0.3, -0.25) is 4.98 Å². The van der Waals surface area contributed by atoms with Crippen molar-refractivity contribution in [2.24, 2.45) is 7.05 Å². The predicted molar refractivity (Wildman–Crippen MR) is 85.3 cm³/mol. The number of nitrogens with zero attached hydrogens (tertiary/aromatic N) is 3. The van der Waals surface area contributed by atoms with Gasteiger partial charge in [0.15, 0.2) is 0 Å². The lowest BCUT2D eigenvalue weighted by molar-refractivity contribution is -0.137. The number of rotatable bonds is 3. The number of pyridine rings is 1. The van der Waals surface area contributed by atoms with Crippen LogP contribution in [0, 0.1) is 0 Å². The van der Waals surface area contributed by atoms with Gasteiger partial charge in [-0.2, -0.15) is 13.2 Å². The fourth-order valence-electron chi connectivity index (χ4n) is 2.45. The highest BCUT2D eigenvalue weighted by atomic mass is 32.2. The van der Waals surface area contributed by atoms with Crippen molar-refractivity contribution < 1.29 is 13.2 Å². The third kappa shape index (κ3) is 2.93. The molecule has 0 radical (unpaired) electrons. The number of benzene rings is 1. The topological polar surface area (TPSA) is 30.7 Å². The molecule has 3 rings (SSSR count). The quantitative estimate of drug-likeness (QED) is 0.645. The van der Waals surface area contributed by atoms with Crippen molar-refractivity contribution in [3.63, 3.8) is 0 Å². The minimum absolute atomic E-state index is 0.335.